The lowest BCUT2D eigenvalue weighted by molar-refractivity contribution is 1.22. The number of halogens is 2. The molecule has 0 amide bonds. The second kappa shape index (κ2) is 5.65. The maximum Gasteiger partial charge on any atom is 0.190 e. The lowest BCUT2D eigenvalue weighted by atomic mass is 10.2. The minimum absolute atomic E-state index is 0.357. The highest BCUT2D eigenvalue weighted by Gasteiger charge is 2.09. The number of hydrogen-bond donors (Lipinski definition) is 0. The number of pyridine rings is 1. The summed E-state index contributed by atoms with van der Waals surface area (Å²) >= 11 is 13.3. The van der Waals surface area contributed by atoms with Crippen LogP contribution in [0.15, 0.2) is 22.5 Å². The Morgan fingerprint density at radius 3 is 2.56 bits per heavy atom. The van der Waals surface area contributed by atoms with Crippen molar-refractivity contribution in [3.05, 3.63) is 27.8 Å². The summed E-state index contributed by atoms with van der Waals surface area (Å²) in [4.78, 5) is 14.2. The number of hydrogen-bond acceptors (Lipinski definition) is 4. The van der Waals surface area contributed by atoms with Crippen LogP contribution in [0.4, 0.5) is 5.13 Å². The molecule has 4 nitrogen and oxygen atoms in total. The van der Waals surface area contributed by atoms with Crippen LogP contribution in [0.25, 0.3) is 11.3 Å². The maximum atomic E-state index is 5.87. The Kier molecular flexibility index (Phi) is 4.16. The van der Waals surface area contributed by atoms with Gasteiger partial charge in [0.25, 0.3) is 0 Å². The van der Waals surface area contributed by atoms with Crippen LogP contribution < -0.4 is 4.90 Å². The largest absolute Gasteiger partial charge is 0.312 e. The molecule has 0 aliphatic carbocycles. The van der Waals surface area contributed by atoms with Crippen LogP contribution in [0.5, 0.6) is 0 Å². The zero-order valence-electron chi connectivity index (χ0n) is 9.76. The third-order valence-corrected chi connectivity index (χ3v) is 3.46. The molecule has 18 heavy (non-hydrogen) atoms. The number of nitrogens with zero attached hydrogens (tertiary/aromatic N) is 4. The molecule has 0 saturated carbocycles. The Morgan fingerprint density at radius 1 is 1.28 bits per heavy atom. The number of thiazole rings is 1. The molecule has 2 aromatic rings. The van der Waals surface area contributed by atoms with Gasteiger partial charge in [-0.05, 0) is 12.1 Å². The Hall–Kier alpha value is -1.17. The molecule has 0 spiro atoms. The molecule has 0 radical (unpaired) electrons. The monoisotopic (exact) mass is 300 g/mol. The lowest BCUT2D eigenvalue weighted by Crippen LogP contribution is -2.13. The molecule has 0 N–H and O–H groups in total. The first-order chi connectivity index (χ1) is 8.60. The van der Waals surface area contributed by atoms with Crippen LogP contribution in [0.1, 0.15) is 0 Å². The van der Waals surface area contributed by atoms with Crippen molar-refractivity contribution in [2.75, 3.05) is 19.0 Å². The summed E-state index contributed by atoms with van der Waals surface area (Å²) in [5, 5.41) is 3.50. The van der Waals surface area contributed by atoms with Crippen molar-refractivity contribution in [2.24, 2.45) is 4.99 Å². The first-order valence-corrected chi connectivity index (χ1v) is 6.68. The number of rotatable bonds is 3. The summed E-state index contributed by atoms with van der Waals surface area (Å²) < 4.78 is 0. The van der Waals surface area contributed by atoms with Crippen LogP contribution in [0.2, 0.25) is 10.3 Å². The van der Waals surface area contributed by atoms with E-state index >= 15 is 0 Å². The second-order valence-electron chi connectivity index (χ2n) is 3.50. The molecule has 0 aliphatic rings. The maximum absolute atomic E-state index is 5.87. The van der Waals surface area contributed by atoms with Crippen molar-refractivity contribution in [1.82, 2.24) is 9.97 Å². The van der Waals surface area contributed by atoms with Gasteiger partial charge in [-0.1, -0.05) is 23.2 Å². The molecule has 2 aromatic heterocycles. The van der Waals surface area contributed by atoms with Crippen LogP contribution >= 0.6 is 34.5 Å². The second-order valence-corrected chi connectivity index (χ2v) is 5.11. The van der Waals surface area contributed by atoms with Crippen LogP contribution in [0, 0.1) is 0 Å². The Labute approximate surface area is 119 Å². The van der Waals surface area contributed by atoms with Crippen LogP contribution in [-0.4, -0.2) is 30.4 Å². The minimum Gasteiger partial charge on any atom is -0.312 e. The Morgan fingerprint density at radius 2 is 1.94 bits per heavy atom. The van der Waals surface area contributed by atoms with Crippen molar-refractivity contribution in [3.8, 4) is 11.3 Å². The van der Waals surface area contributed by atoms with E-state index in [2.05, 4.69) is 15.0 Å². The average molecular weight is 301 g/mol. The Balaban J connectivity index is 2.34. The van der Waals surface area contributed by atoms with E-state index in [9.17, 15) is 0 Å². The average Bonchev–Trinajstić information content (AvgIpc) is 2.77. The van der Waals surface area contributed by atoms with Crippen molar-refractivity contribution < 1.29 is 0 Å². The van der Waals surface area contributed by atoms with Crippen LogP contribution in [0.3, 0.4) is 0 Å². The van der Waals surface area contributed by atoms with E-state index in [1.807, 2.05) is 17.3 Å². The van der Waals surface area contributed by atoms with Crippen molar-refractivity contribution in [1.29, 1.82) is 0 Å². The molecule has 0 fully saturated rings. The van der Waals surface area contributed by atoms with Gasteiger partial charge in [0.1, 0.15) is 10.3 Å². The van der Waals surface area contributed by atoms with E-state index in [1.165, 1.54) is 11.3 Å². The number of aliphatic imine (C=N–C) groups is 1. The van der Waals surface area contributed by atoms with Crippen molar-refractivity contribution in [2.45, 2.75) is 0 Å². The van der Waals surface area contributed by atoms with E-state index in [4.69, 9.17) is 23.2 Å². The molecule has 2 rings (SSSR count). The van der Waals surface area contributed by atoms with Crippen molar-refractivity contribution >= 4 is 46.0 Å². The Bertz CT molecular complexity index is 562. The fraction of sp³-hybridized carbons (Fsp3) is 0.182. The molecular weight excluding hydrogens is 291 g/mol. The van der Waals surface area contributed by atoms with E-state index in [1.54, 1.807) is 25.5 Å². The van der Waals surface area contributed by atoms with E-state index in [0.717, 1.165) is 16.4 Å². The fourth-order valence-electron chi connectivity index (χ4n) is 1.39. The molecule has 7 heteroatoms. The molecule has 0 unspecified atom stereocenters. The number of anilines is 1. The van der Waals surface area contributed by atoms with Gasteiger partial charge in [0.15, 0.2) is 5.13 Å². The smallest absolute Gasteiger partial charge is 0.190 e. The van der Waals surface area contributed by atoms with E-state index in [0.29, 0.717) is 10.3 Å². The molecule has 94 valence electrons. The van der Waals surface area contributed by atoms with Gasteiger partial charge in [0.2, 0.25) is 0 Å². The highest BCUT2D eigenvalue weighted by molar-refractivity contribution is 7.14. The third-order valence-electron chi connectivity index (χ3n) is 2.14. The topological polar surface area (TPSA) is 41.4 Å². The summed E-state index contributed by atoms with van der Waals surface area (Å²) in [5.74, 6) is 0. The minimum atomic E-state index is 0.357. The molecule has 0 aromatic carbocycles. The van der Waals surface area contributed by atoms with E-state index < -0.39 is 0 Å². The predicted molar refractivity (Wildman–Crippen MR) is 78.2 cm³/mol. The lowest BCUT2D eigenvalue weighted by Gasteiger charge is -2.07. The molecule has 0 bridgehead atoms. The third kappa shape index (κ3) is 2.98. The van der Waals surface area contributed by atoms with Gasteiger partial charge in [0.05, 0.1) is 12.0 Å². The van der Waals surface area contributed by atoms with Crippen LogP contribution in [-0.2, 0) is 0 Å². The SMILES string of the molecule is C/N=C/N(C)c1nc(-c2cc(Cl)nc(Cl)c2)cs1. The first-order valence-electron chi connectivity index (χ1n) is 5.04. The normalized spacial score (nSPS) is 11.1. The van der Waals surface area contributed by atoms with Gasteiger partial charge in [-0.15, -0.1) is 11.3 Å². The zero-order chi connectivity index (χ0) is 13.1. The van der Waals surface area contributed by atoms with Gasteiger partial charge in [-0.25, -0.2) is 9.97 Å². The molecule has 2 heterocycles. The van der Waals surface area contributed by atoms with Gasteiger partial charge >= 0.3 is 0 Å². The van der Waals surface area contributed by atoms with Gasteiger partial charge in [-0.2, -0.15) is 0 Å². The summed E-state index contributed by atoms with van der Waals surface area (Å²) in [6.07, 6.45) is 1.70. The number of aromatic nitrogens is 2. The summed E-state index contributed by atoms with van der Waals surface area (Å²) in [7, 11) is 3.61. The quantitative estimate of drug-likeness (QED) is 0.494. The van der Waals surface area contributed by atoms with Gasteiger partial charge in [0, 0.05) is 25.0 Å². The highest BCUT2D eigenvalue weighted by Crippen LogP contribution is 2.29. The molecule has 0 aliphatic heterocycles. The van der Waals surface area contributed by atoms with Gasteiger partial charge < -0.3 is 4.90 Å². The molecule has 0 atom stereocenters. The first kappa shape index (κ1) is 13.3. The van der Waals surface area contributed by atoms with E-state index in [-0.39, 0.29) is 0 Å². The van der Waals surface area contributed by atoms with Crippen molar-refractivity contribution in [3.63, 3.8) is 0 Å². The van der Waals surface area contributed by atoms with Gasteiger partial charge in [-0.3, -0.25) is 4.99 Å². The summed E-state index contributed by atoms with van der Waals surface area (Å²) in [6, 6.07) is 3.47. The molecule has 0 saturated heterocycles. The summed E-state index contributed by atoms with van der Waals surface area (Å²) in [6.45, 7) is 0. The summed E-state index contributed by atoms with van der Waals surface area (Å²) in [5.41, 5.74) is 1.67. The standard InChI is InChI=1S/C11H10Cl2N4S/c1-14-6-17(2)11-15-8(5-18-11)7-3-9(12)16-10(13)4-7/h3-6H,1-2H3/b14-6+. The fourth-order valence-corrected chi connectivity index (χ4v) is 2.62. The highest BCUT2D eigenvalue weighted by atomic mass is 35.5. The predicted octanol–water partition coefficient (Wildman–Crippen LogP) is 3.61. The molecular formula is C11H10Cl2N4S. The zero-order valence-corrected chi connectivity index (χ0v) is 12.1.